The van der Waals surface area contributed by atoms with Crippen LogP contribution in [0.1, 0.15) is 6.42 Å². The number of aliphatic hydroxyl groups excluding tert-OH is 1. The van der Waals surface area contributed by atoms with Gasteiger partial charge in [-0.2, -0.15) is 0 Å². The summed E-state index contributed by atoms with van der Waals surface area (Å²) in [5.74, 6) is -0.962. The van der Waals surface area contributed by atoms with E-state index >= 15 is 0 Å². The number of rotatable bonds is 3. The van der Waals surface area contributed by atoms with Gasteiger partial charge in [0.2, 0.25) is 0 Å². The van der Waals surface area contributed by atoms with Gasteiger partial charge >= 0.3 is 5.97 Å². The monoisotopic (exact) mass is 171 g/mol. The summed E-state index contributed by atoms with van der Waals surface area (Å²) in [6, 6.07) is 0. The highest BCUT2D eigenvalue weighted by Crippen LogP contribution is 2.09. The molecular weight excluding hydrogens is 158 g/mol. The highest BCUT2D eigenvalue weighted by molar-refractivity contribution is 5.86. The van der Waals surface area contributed by atoms with Crippen LogP contribution in [0.2, 0.25) is 0 Å². The SMILES string of the molecule is C=C(CN1CCC(O)C1)C(=O)O. The smallest absolute Gasteiger partial charge is 0.332 e. The summed E-state index contributed by atoms with van der Waals surface area (Å²) in [6.45, 7) is 5.09. The van der Waals surface area contributed by atoms with Crippen molar-refractivity contribution < 1.29 is 15.0 Å². The summed E-state index contributed by atoms with van der Waals surface area (Å²) in [5.41, 5.74) is 0.184. The molecule has 0 aliphatic carbocycles. The number of aliphatic hydroxyl groups is 1. The maximum atomic E-state index is 10.4. The minimum atomic E-state index is -0.962. The van der Waals surface area contributed by atoms with Crippen molar-refractivity contribution >= 4 is 5.97 Å². The summed E-state index contributed by atoms with van der Waals surface area (Å²) in [6.07, 6.45) is 0.430. The molecule has 2 N–H and O–H groups in total. The Morgan fingerprint density at radius 3 is 2.75 bits per heavy atom. The third kappa shape index (κ3) is 2.32. The van der Waals surface area contributed by atoms with E-state index < -0.39 is 5.97 Å². The molecule has 1 aliphatic heterocycles. The van der Waals surface area contributed by atoms with Crippen LogP contribution in [0.4, 0.5) is 0 Å². The largest absolute Gasteiger partial charge is 0.478 e. The highest BCUT2D eigenvalue weighted by atomic mass is 16.4. The van der Waals surface area contributed by atoms with E-state index in [1.165, 1.54) is 0 Å². The fraction of sp³-hybridized carbons (Fsp3) is 0.625. The maximum absolute atomic E-state index is 10.4. The molecule has 0 aromatic carbocycles. The molecule has 1 heterocycles. The van der Waals surface area contributed by atoms with Crippen LogP contribution in [0.25, 0.3) is 0 Å². The molecule has 0 saturated carbocycles. The molecule has 1 saturated heterocycles. The Bertz CT molecular complexity index is 202. The van der Waals surface area contributed by atoms with Gasteiger partial charge in [0, 0.05) is 25.2 Å². The standard InChI is InChI=1S/C8H13NO3/c1-6(8(11)12)4-9-3-2-7(10)5-9/h7,10H,1-5H2,(H,11,12). The summed E-state index contributed by atoms with van der Waals surface area (Å²) >= 11 is 0. The summed E-state index contributed by atoms with van der Waals surface area (Å²) in [4.78, 5) is 12.3. The average molecular weight is 171 g/mol. The first-order valence-electron chi connectivity index (χ1n) is 3.91. The van der Waals surface area contributed by atoms with Crippen LogP contribution < -0.4 is 0 Å². The van der Waals surface area contributed by atoms with E-state index in [-0.39, 0.29) is 11.7 Å². The third-order valence-corrected chi connectivity index (χ3v) is 1.96. The summed E-state index contributed by atoms with van der Waals surface area (Å²) in [5, 5.41) is 17.7. The minimum Gasteiger partial charge on any atom is -0.478 e. The second kappa shape index (κ2) is 3.69. The normalized spacial score (nSPS) is 24.2. The maximum Gasteiger partial charge on any atom is 0.332 e. The number of likely N-dealkylation sites (tertiary alicyclic amines) is 1. The molecule has 1 aliphatic rings. The molecule has 1 atom stereocenters. The number of hydrogen-bond donors (Lipinski definition) is 2. The Balaban J connectivity index is 2.32. The topological polar surface area (TPSA) is 60.8 Å². The zero-order valence-electron chi connectivity index (χ0n) is 6.86. The molecule has 4 heteroatoms. The molecule has 0 aromatic heterocycles. The molecule has 1 rings (SSSR count). The van der Waals surface area contributed by atoms with Gasteiger partial charge in [-0.1, -0.05) is 6.58 Å². The Morgan fingerprint density at radius 1 is 1.67 bits per heavy atom. The molecule has 0 radical (unpaired) electrons. The van der Waals surface area contributed by atoms with Gasteiger partial charge in [-0.05, 0) is 6.42 Å². The lowest BCUT2D eigenvalue weighted by atomic mass is 10.3. The van der Waals surface area contributed by atoms with Crippen molar-refractivity contribution in [3.63, 3.8) is 0 Å². The molecule has 1 fully saturated rings. The number of nitrogens with zero attached hydrogens (tertiary/aromatic N) is 1. The fourth-order valence-corrected chi connectivity index (χ4v) is 1.29. The molecule has 12 heavy (non-hydrogen) atoms. The number of carboxylic acids is 1. The van der Waals surface area contributed by atoms with Crippen LogP contribution in [-0.2, 0) is 4.79 Å². The van der Waals surface area contributed by atoms with E-state index in [1.807, 2.05) is 4.90 Å². The lowest BCUT2D eigenvalue weighted by molar-refractivity contribution is -0.132. The van der Waals surface area contributed by atoms with E-state index in [0.717, 1.165) is 13.0 Å². The molecule has 0 bridgehead atoms. The molecule has 1 unspecified atom stereocenters. The van der Waals surface area contributed by atoms with Gasteiger partial charge in [-0.3, -0.25) is 4.90 Å². The van der Waals surface area contributed by atoms with Gasteiger partial charge in [0.05, 0.1) is 6.10 Å². The zero-order valence-corrected chi connectivity index (χ0v) is 6.86. The van der Waals surface area contributed by atoms with Crippen molar-refractivity contribution in [3.05, 3.63) is 12.2 Å². The van der Waals surface area contributed by atoms with Crippen LogP contribution in [0, 0.1) is 0 Å². The van der Waals surface area contributed by atoms with Crippen molar-refractivity contribution in [1.82, 2.24) is 4.90 Å². The minimum absolute atomic E-state index is 0.184. The Labute approximate surface area is 71.1 Å². The first-order valence-corrected chi connectivity index (χ1v) is 3.91. The molecule has 0 spiro atoms. The number of β-amino-alcohol motifs (C(OH)–C–C–N with tert-alkyl or cyclic N) is 1. The van der Waals surface area contributed by atoms with Gasteiger partial charge in [-0.15, -0.1) is 0 Å². The van der Waals surface area contributed by atoms with Gasteiger partial charge in [0.1, 0.15) is 0 Å². The number of hydrogen-bond acceptors (Lipinski definition) is 3. The van der Waals surface area contributed by atoms with Crippen LogP contribution in [-0.4, -0.2) is 46.8 Å². The Morgan fingerprint density at radius 2 is 2.33 bits per heavy atom. The van der Waals surface area contributed by atoms with Gasteiger partial charge in [0.15, 0.2) is 0 Å². The quantitative estimate of drug-likeness (QED) is 0.572. The predicted octanol–water partition coefficient (Wildman–Crippen LogP) is -0.306. The molecular formula is C8H13NO3. The second-order valence-corrected chi connectivity index (χ2v) is 3.09. The van der Waals surface area contributed by atoms with Crippen LogP contribution >= 0.6 is 0 Å². The lowest BCUT2D eigenvalue weighted by Gasteiger charge is -2.13. The van der Waals surface area contributed by atoms with Crippen molar-refractivity contribution in [2.24, 2.45) is 0 Å². The number of carboxylic acid groups (broad SMARTS) is 1. The first-order chi connectivity index (χ1) is 5.59. The summed E-state index contributed by atoms with van der Waals surface area (Å²) in [7, 11) is 0. The molecule has 0 aromatic rings. The molecule has 0 amide bonds. The average Bonchev–Trinajstić information content (AvgIpc) is 2.35. The highest BCUT2D eigenvalue weighted by Gasteiger charge is 2.21. The van der Waals surface area contributed by atoms with Crippen molar-refractivity contribution in [3.8, 4) is 0 Å². The summed E-state index contributed by atoms with van der Waals surface area (Å²) < 4.78 is 0. The lowest BCUT2D eigenvalue weighted by Crippen LogP contribution is -2.26. The Kier molecular flexibility index (Phi) is 2.83. The Hall–Kier alpha value is -0.870. The van der Waals surface area contributed by atoms with Gasteiger partial charge in [-0.25, -0.2) is 4.79 Å². The fourth-order valence-electron chi connectivity index (χ4n) is 1.29. The number of aliphatic carboxylic acids is 1. The van der Waals surface area contributed by atoms with Crippen LogP contribution in [0.5, 0.6) is 0 Å². The third-order valence-electron chi connectivity index (χ3n) is 1.96. The zero-order chi connectivity index (χ0) is 9.14. The molecule has 68 valence electrons. The van der Waals surface area contributed by atoms with Crippen molar-refractivity contribution in [2.45, 2.75) is 12.5 Å². The van der Waals surface area contributed by atoms with Gasteiger partial charge < -0.3 is 10.2 Å². The first kappa shape index (κ1) is 9.22. The van der Waals surface area contributed by atoms with Crippen LogP contribution in [0.15, 0.2) is 12.2 Å². The van der Waals surface area contributed by atoms with Crippen molar-refractivity contribution in [1.29, 1.82) is 0 Å². The second-order valence-electron chi connectivity index (χ2n) is 3.09. The number of carbonyl (C=O) groups is 1. The van der Waals surface area contributed by atoms with Crippen LogP contribution in [0.3, 0.4) is 0 Å². The van der Waals surface area contributed by atoms with E-state index in [9.17, 15) is 4.79 Å². The van der Waals surface area contributed by atoms with E-state index in [1.54, 1.807) is 0 Å². The predicted molar refractivity (Wildman–Crippen MR) is 43.8 cm³/mol. The molecule has 4 nitrogen and oxygen atoms in total. The van der Waals surface area contributed by atoms with Gasteiger partial charge in [0.25, 0.3) is 0 Å². The van der Waals surface area contributed by atoms with E-state index in [2.05, 4.69) is 6.58 Å². The van der Waals surface area contributed by atoms with Crippen molar-refractivity contribution in [2.75, 3.05) is 19.6 Å². The van der Waals surface area contributed by atoms with E-state index in [0.29, 0.717) is 13.1 Å². The van der Waals surface area contributed by atoms with E-state index in [4.69, 9.17) is 10.2 Å².